The van der Waals surface area contributed by atoms with Gasteiger partial charge in [0.1, 0.15) is 18.5 Å². The van der Waals surface area contributed by atoms with Crippen LogP contribution in [0.2, 0.25) is 0 Å². The standard InChI is InChI=1S/C24H20B.C14H11N/c1-5-13-21(14-6-1)25(22-15-7-2-8-16-22,23-17-9-3-10-18-23)24-19-11-4-12-20-24;1-3-7-13-11(5-1)9-15-10-12-6-2-4-8-14(12)13/h1-20H;1-10,15H/q-1;/p+1. The van der Waals surface area contributed by atoms with E-state index in [4.69, 9.17) is 0 Å². The zero-order chi connectivity index (χ0) is 27.0. The normalized spacial score (nSPS) is 11.8. The second-order valence-corrected chi connectivity index (χ2v) is 10.2. The van der Waals surface area contributed by atoms with Crippen LogP contribution in [-0.4, -0.2) is 6.15 Å². The molecule has 2 heteroatoms. The molecule has 0 aromatic heterocycles. The third-order valence-corrected chi connectivity index (χ3v) is 7.96. The first kappa shape index (κ1) is 25.4. The van der Waals surface area contributed by atoms with E-state index in [1.54, 1.807) is 0 Å². The Bertz CT molecular complexity index is 1680. The molecule has 0 radical (unpaired) electrons. The Hall–Kier alpha value is -4.92. The Morgan fingerprint density at radius 2 is 0.575 bits per heavy atom. The van der Waals surface area contributed by atoms with E-state index >= 15 is 0 Å². The van der Waals surface area contributed by atoms with Gasteiger partial charge in [-0.3, -0.25) is 5.32 Å². The Kier molecular flexibility index (Phi) is 7.52. The molecule has 1 aliphatic rings. The fraction of sp³-hybridized carbons (Fsp3) is 0. The van der Waals surface area contributed by atoms with Gasteiger partial charge in [0, 0.05) is 10.4 Å². The number of hydrogen-bond donors (Lipinski definition) is 1. The Morgan fingerprint density at radius 1 is 0.300 bits per heavy atom. The molecule has 7 rings (SSSR count). The lowest BCUT2D eigenvalue weighted by Gasteiger charge is -2.44. The van der Waals surface area contributed by atoms with E-state index in [0.29, 0.717) is 0 Å². The Labute approximate surface area is 236 Å². The summed E-state index contributed by atoms with van der Waals surface area (Å²) in [6.07, 6.45) is 3.11. The van der Waals surface area contributed by atoms with E-state index < -0.39 is 6.15 Å². The fourth-order valence-corrected chi connectivity index (χ4v) is 6.15. The summed E-state index contributed by atoms with van der Waals surface area (Å²) < 4.78 is 0. The van der Waals surface area contributed by atoms with Crippen molar-refractivity contribution in [3.8, 4) is 0 Å². The van der Waals surface area contributed by atoms with Crippen molar-refractivity contribution >= 4 is 40.4 Å². The van der Waals surface area contributed by atoms with Gasteiger partial charge in [-0.05, 0) is 22.6 Å². The second kappa shape index (κ2) is 11.9. The summed E-state index contributed by atoms with van der Waals surface area (Å²) in [6, 6.07) is 60.5. The predicted molar refractivity (Wildman–Crippen MR) is 171 cm³/mol. The van der Waals surface area contributed by atoms with Crippen LogP contribution in [0.15, 0.2) is 170 Å². The quantitative estimate of drug-likeness (QED) is 0.349. The van der Waals surface area contributed by atoms with Crippen LogP contribution in [0.5, 0.6) is 0 Å². The van der Waals surface area contributed by atoms with E-state index in [2.05, 4.69) is 188 Å². The van der Waals surface area contributed by atoms with Gasteiger partial charge >= 0.3 is 0 Å². The molecule has 2 N–H and O–H groups in total. The summed E-state index contributed by atoms with van der Waals surface area (Å²) in [5.41, 5.74) is 5.36. The third kappa shape index (κ3) is 4.93. The first-order valence-electron chi connectivity index (χ1n) is 13.9. The summed E-state index contributed by atoms with van der Waals surface area (Å²) in [5.74, 6) is 0. The predicted octanol–water partition coefficient (Wildman–Crippen LogP) is 3.09. The van der Waals surface area contributed by atoms with Gasteiger partial charge in [0.2, 0.25) is 0 Å². The van der Waals surface area contributed by atoms with Crippen molar-refractivity contribution in [2.24, 2.45) is 0 Å². The maximum Gasteiger partial charge on any atom is 0.108 e. The molecule has 6 aromatic carbocycles. The summed E-state index contributed by atoms with van der Waals surface area (Å²) in [7, 11) is 0. The average Bonchev–Trinajstić information content (AvgIpc) is 3.24. The number of nitrogens with two attached hydrogens (primary N) is 1. The van der Waals surface area contributed by atoms with Crippen LogP contribution in [-0.2, 0) is 0 Å². The maximum atomic E-state index is 2.26. The zero-order valence-corrected chi connectivity index (χ0v) is 22.5. The van der Waals surface area contributed by atoms with Crippen molar-refractivity contribution in [2.75, 3.05) is 0 Å². The second-order valence-electron chi connectivity index (χ2n) is 10.2. The van der Waals surface area contributed by atoms with Crippen LogP contribution in [0.4, 0.5) is 0 Å². The van der Waals surface area contributed by atoms with Crippen molar-refractivity contribution in [1.82, 2.24) is 0 Å². The Balaban J connectivity index is 0.000000164. The van der Waals surface area contributed by atoms with Crippen LogP contribution >= 0.6 is 0 Å². The van der Waals surface area contributed by atoms with Crippen molar-refractivity contribution in [1.29, 1.82) is 0 Å². The SMILES string of the molecule is C1=c2ccccc2=c2ccccc2=C[NH2+]1.c1ccc([B-](c2ccccc2)(c2ccccc2)c2ccccc2)cc1. The summed E-state index contributed by atoms with van der Waals surface area (Å²) >= 11 is 0. The lowest BCUT2D eigenvalue weighted by Crippen LogP contribution is -2.74. The highest BCUT2D eigenvalue weighted by molar-refractivity contribution is 7.19. The molecule has 1 aliphatic heterocycles. The number of benzene rings is 6. The van der Waals surface area contributed by atoms with Gasteiger partial charge in [-0.2, -0.15) is 21.9 Å². The molecule has 0 saturated heterocycles. The minimum absolute atomic E-state index is 1.22. The first-order valence-corrected chi connectivity index (χ1v) is 13.9. The lowest BCUT2D eigenvalue weighted by molar-refractivity contribution is -0.436. The first-order chi connectivity index (χ1) is 19.9. The van der Waals surface area contributed by atoms with Crippen molar-refractivity contribution < 1.29 is 5.32 Å². The number of quaternary nitrogens is 1. The highest BCUT2D eigenvalue weighted by atomic mass is 14.8. The summed E-state index contributed by atoms with van der Waals surface area (Å²) in [5, 5.41) is 7.33. The van der Waals surface area contributed by atoms with E-state index in [-0.39, 0.29) is 0 Å². The zero-order valence-electron chi connectivity index (χ0n) is 22.5. The van der Waals surface area contributed by atoms with Gasteiger partial charge in [-0.1, -0.05) is 158 Å². The molecule has 0 unspecified atom stereocenters. The molecule has 0 fully saturated rings. The highest BCUT2D eigenvalue weighted by Crippen LogP contribution is 2.09. The highest BCUT2D eigenvalue weighted by Gasteiger charge is 2.31. The molecule has 6 aromatic rings. The van der Waals surface area contributed by atoms with Crippen LogP contribution < -0.4 is 37.6 Å². The van der Waals surface area contributed by atoms with Crippen LogP contribution in [0.3, 0.4) is 0 Å². The molecule has 1 nitrogen and oxygen atoms in total. The van der Waals surface area contributed by atoms with Gasteiger partial charge in [0.05, 0.1) is 0 Å². The molecule has 0 amide bonds. The van der Waals surface area contributed by atoms with Crippen molar-refractivity contribution in [2.45, 2.75) is 0 Å². The van der Waals surface area contributed by atoms with Gasteiger partial charge in [0.25, 0.3) is 0 Å². The van der Waals surface area contributed by atoms with Crippen LogP contribution in [0, 0.1) is 10.4 Å². The molecular formula is C38H32BN. The maximum absolute atomic E-state index is 2.26. The fourth-order valence-electron chi connectivity index (χ4n) is 6.15. The topological polar surface area (TPSA) is 16.6 Å². The minimum Gasteiger partial charge on any atom is -0.293 e. The van der Waals surface area contributed by atoms with Crippen molar-refractivity contribution in [3.05, 3.63) is 191 Å². The lowest BCUT2D eigenvalue weighted by atomic mass is 9.13. The molecule has 192 valence electrons. The van der Waals surface area contributed by atoms with Gasteiger partial charge in [-0.25, -0.2) is 0 Å². The third-order valence-electron chi connectivity index (χ3n) is 7.96. The molecular weight excluding hydrogens is 481 g/mol. The van der Waals surface area contributed by atoms with Crippen LogP contribution in [0.25, 0.3) is 12.4 Å². The summed E-state index contributed by atoms with van der Waals surface area (Å²) in [6.45, 7) is 0. The van der Waals surface area contributed by atoms with Gasteiger partial charge in [0.15, 0.2) is 0 Å². The van der Waals surface area contributed by atoms with Gasteiger partial charge in [-0.15, -0.1) is 0 Å². The van der Waals surface area contributed by atoms with Crippen LogP contribution in [0.1, 0.15) is 0 Å². The van der Waals surface area contributed by atoms with Gasteiger partial charge < -0.3 is 0 Å². The molecule has 0 spiro atoms. The molecule has 40 heavy (non-hydrogen) atoms. The van der Waals surface area contributed by atoms with E-state index in [9.17, 15) is 0 Å². The summed E-state index contributed by atoms with van der Waals surface area (Å²) in [4.78, 5) is 0. The van der Waals surface area contributed by atoms with Crippen molar-refractivity contribution in [3.63, 3.8) is 0 Å². The van der Waals surface area contributed by atoms with E-state index in [0.717, 1.165) is 0 Å². The minimum atomic E-state index is -1.22. The number of rotatable bonds is 4. The van der Waals surface area contributed by atoms with E-state index in [1.165, 1.54) is 42.7 Å². The smallest absolute Gasteiger partial charge is 0.108 e. The Morgan fingerprint density at radius 3 is 0.900 bits per heavy atom. The largest absolute Gasteiger partial charge is 0.293 e. The van der Waals surface area contributed by atoms with E-state index in [1.807, 2.05) is 0 Å². The molecule has 0 bridgehead atoms. The molecule has 1 heterocycles. The monoisotopic (exact) mass is 513 g/mol. The molecule has 0 aliphatic carbocycles. The molecule has 0 saturated carbocycles. The number of hydrogen-bond acceptors (Lipinski definition) is 0. The number of fused-ring (bicyclic) bond motifs is 2. The molecule has 0 atom stereocenters. The average molecular weight is 513 g/mol.